The van der Waals surface area contributed by atoms with E-state index in [1.54, 1.807) is 0 Å². The lowest BCUT2D eigenvalue weighted by molar-refractivity contribution is -0.137. The first-order valence-electron chi connectivity index (χ1n) is 8.59. The minimum absolute atomic E-state index is 0.0635. The third kappa shape index (κ3) is 4.00. The zero-order valence-corrected chi connectivity index (χ0v) is 13.7. The molecule has 2 aliphatic heterocycles. The molecule has 1 aromatic heterocycles. The standard InChI is InChI=1S/C17H24F3N3O/c18-17(19,20)15-4-5-21-16(8-15)23-10-13(14(11-23)12-24)9-22-6-2-1-3-7-22/h4-5,8,13-14,24H,1-3,6-7,9-12H2/t13-,14-/m1/s1. The fourth-order valence-corrected chi connectivity index (χ4v) is 3.78. The van der Waals surface area contributed by atoms with Gasteiger partial charge in [-0.15, -0.1) is 0 Å². The number of halogens is 3. The van der Waals surface area contributed by atoms with E-state index in [-0.39, 0.29) is 18.4 Å². The summed E-state index contributed by atoms with van der Waals surface area (Å²) in [5.74, 6) is 0.706. The zero-order chi connectivity index (χ0) is 17.2. The summed E-state index contributed by atoms with van der Waals surface area (Å²) in [5.41, 5.74) is -0.674. The van der Waals surface area contributed by atoms with Crippen LogP contribution in [0.3, 0.4) is 0 Å². The zero-order valence-electron chi connectivity index (χ0n) is 13.7. The second-order valence-electron chi connectivity index (χ2n) is 6.87. The van der Waals surface area contributed by atoms with Crippen molar-refractivity contribution in [3.8, 4) is 0 Å². The number of nitrogens with zero attached hydrogens (tertiary/aromatic N) is 3. The van der Waals surface area contributed by atoms with Crippen LogP contribution in [-0.2, 0) is 6.18 Å². The highest BCUT2D eigenvalue weighted by Crippen LogP contribution is 2.33. The fraction of sp³-hybridized carbons (Fsp3) is 0.706. The molecule has 4 nitrogen and oxygen atoms in total. The maximum atomic E-state index is 12.9. The van der Waals surface area contributed by atoms with Gasteiger partial charge in [-0.1, -0.05) is 6.42 Å². The summed E-state index contributed by atoms with van der Waals surface area (Å²) >= 11 is 0. The summed E-state index contributed by atoms with van der Waals surface area (Å²) in [6.07, 6.45) is 0.529. The first-order valence-corrected chi connectivity index (χ1v) is 8.59. The van der Waals surface area contributed by atoms with E-state index in [0.29, 0.717) is 18.9 Å². The summed E-state index contributed by atoms with van der Waals surface area (Å²) in [4.78, 5) is 8.41. The van der Waals surface area contributed by atoms with Crippen molar-refractivity contribution >= 4 is 5.82 Å². The first-order chi connectivity index (χ1) is 11.5. The summed E-state index contributed by atoms with van der Waals surface area (Å²) in [5, 5.41) is 9.67. The van der Waals surface area contributed by atoms with Crippen LogP contribution < -0.4 is 4.90 Å². The number of likely N-dealkylation sites (tertiary alicyclic amines) is 1. The number of aliphatic hydroxyl groups is 1. The molecule has 2 atom stereocenters. The molecule has 3 heterocycles. The number of hydrogen-bond donors (Lipinski definition) is 1. The van der Waals surface area contributed by atoms with Crippen LogP contribution in [0.5, 0.6) is 0 Å². The molecule has 24 heavy (non-hydrogen) atoms. The normalized spacial score (nSPS) is 26.1. The largest absolute Gasteiger partial charge is 0.416 e. The Bertz CT molecular complexity index is 546. The lowest BCUT2D eigenvalue weighted by Gasteiger charge is -2.30. The van der Waals surface area contributed by atoms with Gasteiger partial charge >= 0.3 is 6.18 Å². The van der Waals surface area contributed by atoms with Gasteiger partial charge in [0.25, 0.3) is 0 Å². The van der Waals surface area contributed by atoms with E-state index >= 15 is 0 Å². The van der Waals surface area contributed by atoms with E-state index in [2.05, 4.69) is 9.88 Å². The van der Waals surface area contributed by atoms with Crippen molar-refractivity contribution in [3.63, 3.8) is 0 Å². The molecule has 1 N–H and O–H groups in total. The van der Waals surface area contributed by atoms with Crippen LogP contribution >= 0.6 is 0 Å². The number of aromatic nitrogens is 1. The monoisotopic (exact) mass is 343 g/mol. The van der Waals surface area contributed by atoms with Crippen molar-refractivity contribution < 1.29 is 18.3 Å². The summed E-state index contributed by atoms with van der Waals surface area (Å²) in [7, 11) is 0. The van der Waals surface area contributed by atoms with Gasteiger partial charge in [-0.25, -0.2) is 4.98 Å². The van der Waals surface area contributed by atoms with Crippen molar-refractivity contribution in [1.82, 2.24) is 9.88 Å². The van der Waals surface area contributed by atoms with Gasteiger partial charge in [0.2, 0.25) is 0 Å². The SMILES string of the molecule is OC[C@H]1CN(c2cc(C(F)(F)F)ccn2)C[C@H]1CN1CCCCC1. The van der Waals surface area contributed by atoms with Crippen molar-refractivity contribution in [3.05, 3.63) is 23.9 Å². The van der Waals surface area contributed by atoms with E-state index in [1.807, 2.05) is 4.90 Å². The van der Waals surface area contributed by atoms with Crippen LogP contribution in [0.1, 0.15) is 24.8 Å². The Morgan fingerprint density at radius 3 is 2.50 bits per heavy atom. The van der Waals surface area contributed by atoms with Gasteiger partial charge in [-0.3, -0.25) is 0 Å². The molecule has 0 amide bonds. The molecule has 7 heteroatoms. The van der Waals surface area contributed by atoms with Gasteiger partial charge in [0.15, 0.2) is 0 Å². The minimum Gasteiger partial charge on any atom is -0.396 e. The highest BCUT2D eigenvalue weighted by atomic mass is 19.4. The average Bonchev–Trinajstić information content (AvgIpc) is 2.98. The highest BCUT2D eigenvalue weighted by Gasteiger charge is 2.36. The summed E-state index contributed by atoms with van der Waals surface area (Å²) < 4.78 is 38.7. The molecular weight excluding hydrogens is 319 g/mol. The Kier molecular flexibility index (Phi) is 5.30. The van der Waals surface area contributed by atoms with Crippen LogP contribution in [0.15, 0.2) is 18.3 Å². The summed E-state index contributed by atoms with van der Waals surface area (Å²) in [6, 6.07) is 2.10. The minimum atomic E-state index is -4.36. The molecular formula is C17H24F3N3O. The van der Waals surface area contributed by atoms with Crippen molar-refractivity contribution in [1.29, 1.82) is 0 Å². The Labute approximate surface area is 140 Å². The van der Waals surface area contributed by atoms with Crippen LogP contribution in [0.2, 0.25) is 0 Å². The molecule has 0 unspecified atom stereocenters. The average molecular weight is 343 g/mol. The maximum Gasteiger partial charge on any atom is 0.416 e. The van der Waals surface area contributed by atoms with Gasteiger partial charge in [0.1, 0.15) is 5.82 Å². The van der Waals surface area contributed by atoms with Crippen LogP contribution in [-0.4, -0.2) is 54.3 Å². The van der Waals surface area contributed by atoms with Crippen molar-refractivity contribution in [2.24, 2.45) is 11.8 Å². The van der Waals surface area contributed by atoms with Gasteiger partial charge < -0.3 is 14.9 Å². The van der Waals surface area contributed by atoms with E-state index in [9.17, 15) is 18.3 Å². The molecule has 1 aromatic rings. The Morgan fingerprint density at radius 2 is 1.83 bits per heavy atom. The topological polar surface area (TPSA) is 39.6 Å². The molecule has 3 rings (SSSR count). The molecule has 0 spiro atoms. The number of anilines is 1. The molecule has 2 fully saturated rings. The molecule has 0 saturated carbocycles. The molecule has 0 radical (unpaired) electrons. The predicted molar refractivity (Wildman–Crippen MR) is 85.8 cm³/mol. The van der Waals surface area contributed by atoms with E-state index in [0.717, 1.165) is 31.8 Å². The number of aliphatic hydroxyl groups excluding tert-OH is 1. The highest BCUT2D eigenvalue weighted by molar-refractivity contribution is 5.43. The van der Waals surface area contributed by atoms with Gasteiger partial charge in [-0.05, 0) is 44.0 Å². The third-order valence-corrected chi connectivity index (χ3v) is 5.15. The Morgan fingerprint density at radius 1 is 1.12 bits per heavy atom. The molecule has 0 aliphatic carbocycles. The van der Waals surface area contributed by atoms with E-state index in [1.165, 1.54) is 25.5 Å². The van der Waals surface area contributed by atoms with Crippen molar-refractivity contribution in [2.75, 3.05) is 44.2 Å². The number of rotatable bonds is 4. The second-order valence-corrected chi connectivity index (χ2v) is 6.87. The van der Waals surface area contributed by atoms with Gasteiger partial charge in [0.05, 0.1) is 5.56 Å². The second kappa shape index (κ2) is 7.27. The predicted octanol–water partition coefficient (Wildman–Crippen LogP) is 2.63. The Hall–Kier alpha value is -1.34. The van der Waals surface area contributed by atoms with Crippen LogP contribution in [0, 0.1) is 11.8 Å². The molecule has 0 bridgehead atoms. The molecule has 2 saturated heterocycles. The van der Waals surface area contributed by atoms with Crippen LogP contribution in [0.25, 0.3) is 0 Å². The number of piperidine rings is 1. The fourth-order valence-electron chi connectivity index (χ4n) is 3.78. The van der Waals surface area contributed by atoms with Gasteiger partial charge in [-0.2, -0.15) is 13.2 Å². The van der Waals surface area contributed by atoms with Gasteiger partial charge in [0, 0.05) is 38.4 Å². The quantitative estimate of drug-likeness (QED) is 0.912. The summed E-state index contributed by atoms with van der Waals surface area (Å²) in [6.45, 7) is 4.33. The lowest BCUT2D eigenvalue weighted by atomic mass is 9.95. The number of pyridine rings is 1. The Balaban J connectivity index is 1.69. The van der Waals surface area contributed by atoms with E-state index in [4.69, 9.17) is 0 Å². The molecule has 2 aliphatic rings. The lowest BCUT2D eigenvalue weighted by Crippen LogP contribution is -2.37. The van der Waals surface area contributed by atoms with Crippen molar-refractivity contribution in [2.45, 2.75) is 25.4 Å². The van der Waals surface area contributed by atoms with Crippen LogP contribution in [0.4, 0.5) is 19.0 Å². The first kappa shape index (κ1) is 17.5. The molecule has 0 aromatic carbocycles. The maximum absolute atomic E-state index is 12.9. The smallest absolute Gasteiger partial charge is 0.396 e. The number of alkyl halides is 3. The molecule has 134 valence electrons. The number of hydrogen-bond acceptors (Lipinski definition) is 4. The van der Waals surface area contributed by atoms with E-state index < -0.39 is 11.7 Å². The third-order valence-electron chi connectivity index (χ3n) is 5.15.